The highest BCUT2D eigenvalue weighted by Crippen LogP contribution is 2.33. The van der Waals surface area contributed by atoms with Crippen molar-refractivity contribution in [3.8, 4) is 22.4 Å². The third-order valence-corrected chi connectivity index (χ3v) is 4.90. The number of azide groups is 1. The minimum atomic E-state index is 0.446. The summed E-state index contributed by atoms with van der Waals surface area (Å²) in [7, 11) is 0. The molecule has 0 radical (unpaired) electrons. The van der Waals surface area contributed by atoms with Gasteiger partial charge in [-0.1, -0.05) is 40.7 Å². The number of para-hydroxylation sites is 1. The number of hydrogen-bond acceptors (Lipinski definition) is 5. The Kier molecular flexibility index (Phi) is 5.38. The van der Waals surface area contributed by atoms with E-state index >= 15 is 0 Å². The number of ether oxygens (including phenoxy) is 2. The SMILES string of the molecule is [N-]=[N+]=NCCc1ccc2nc(Oc3ccc(Oc4ccccc4)cc3)sc2c1. The molecular formula is C21H16N4O2S. The van der Waals surface area contributed by atoms with Crippen molar-refractivity contribution in [3.05, 3.63) is 88.8 Å². The van der Waals surface area contributed by atoms with Crippen molar-refractivity contribution in [2.45, 2.75) is 6.42 Å². The summed E-state index contributed by atoms with van der Waals surface area (Å²) in [6.45, 7) is 0.446. The molecule has 138 valence electrons. The maximum Gasteiger partial charge on any atom is 0.279 e. The molecule has 0 atom stereocenters. The van der Waals surface area contributed by atoms with Gasteiger partial charge in [-0.15, -0.1) is 0 Å². The maximum atomic E-state index is 8.38. The number of benzene rings is 3. The first-order valence-corrected chi connectivity index (χ1v) is 9.53. The lowest BCUT2D eigenvalue weighted by Gasteiger charge is -2.06. The van der Waals surface area contributed by atoms with E-state index in [4.69, 9.17) is 15.0 Å². The predicted molar refractivity (Wildman–Crippen MR) is 110 cm³/mol. The molecule has 0 fully saturated rings. The zero-order valence-corrected chi connectivity index (χ0v) is 15.7. The molecule has 1 aromatic heterocycles. The second kappa shape index (κ2) is 8.43. The Hall–Kier alpha value is -3.54. The molecule has 0 saturated heterocycles. The molecule has 3 aromatic carbocycles. The zero-order chi connectivity index (χ0) is 19.2. The van der Waals surface area contributed by atoms with E-state index in [1.165, 1.54) is 11.3 Å². The Labute approximate surface area is 165 Å². The molecule has 1 heterocycles. The fraction of sp³-hybridized carbons (Fsp3) is 0.0952. The van der Waals surface area contributed by atoms with Crippen LogP contribution in [0.1, 0.15) is 5.56 Å². The molecule has 0 N–H and O–H groups in total. The number of nitrogens with zero attached hydrogens (tertiary/aromatic N) is 4. The largest absolute Gasteiger partial charge is 0.457 e. The van der Waals surface area contributed by atoms with Crippen LogP contribution >= 0.6 is 11.3 Å². The molecule has 4 rings (SSSR count). The van der Waals surface area contributed by atoms with Crippen LogP contribution in [0.15, 0.2) is 77.9 Å². The zero-order valence-electron chi connectivity index (χ0n) is 14.9. The van der Waals surface area contributed by atoms with E-state index in [2.05, 4.69) is 21.1 Å². The summed E-state index contributed by atoms with van der Waals surface area (Å²) in [6, 6.07) is 23.1. The first-order chi connectivity index (χ1) is 13.8. The third kappa shape index (κ3) is 4.40. The number of aromatic nitrogens is 1. The van der Waals surface area contributed by atoms with Gasteiger partial charge in [-0.25, -0.2) is 4.98 Å². The van der Waals surface area contributed by atoms with E-state index in [0.29, 0.717) is 23.9 Å². The van der Waals surface area contributed by atoms with Gasteiger partial charge in [0.05, 0.1) is 10.2 Å². The van der Waals surface area contributed by atoms with Crippen LogP contribution in [-0.4, -0.2) is 11.5 Å². The first-order valence-electron chi connectivity index (χ1n) is 8.71. The van der Waals surface area contributed by atoms with Crippen LogP contribution in [0.4, 0.5) is 0 Å². The number of thiazole rings is 1. The van der Waals surface area contributed by atoms with Crippen LogP contribution in [0.25, 0.3) is 20.7 Å². The van der Waals surface area contributed by atoms with Gasteiger partial charge in [0, 0.05) is 11.5 Å². The van der Waals surface area contributed by atoms with Crippen LogP contribution < -0.4 is 9.47 Å². The Balaban J connectivity index is 1.44. The number of hydrogen-bond donors (Lipinski definition) is 0. The number of fused-ring (bicyclic) bond motifs is 1. The van der Waals surface area contributed by atoms with E-state index in [1.54, 1.807) is 0 Å². The Morgan fingerprint density at radius 1 is 0.893 bits per heavy atom. The maximum absolute atomic E-state index is 8.38. The predicted octanol–water partition coefficient (Wildman–Crippen LogP) is 6.73. The van der Waals surface area contributed by atoms with E-state index in [-0.39, 0.29) is 0 Å². The van der Waals surface area contributed by atoms with Gasteiger partial charge in [0.15, 0.2) is 0 Å². The van der Waals surface area contributed by atoms with Crippen molar-refractivity contribution in [1.29, 1.82) is 0 Å². The molecule has 0 bridgehead atoms. The standard InChI is InChI=1S/C21H16N4O2S/c22-25-23-13-12-15-6-11-19-20(14-15)28-21(24-19)27-18-9-7-17(8-10-18)26-16-4-2-1-3-5-16/h1-11,14H,12-13H2. The summed E-state index contributed by atoms with van der Waals surface area (Å²) < 4.78 is 12.7. The monoisotopic (exact) mass is 388 g/mol. The van der Waals surface area contributed by atoms with E-state index in [9.17, 15) is 0 Å². The third-order valence-electron chi connectivity index (χ3n) is 4.00. The number of rotatable bonds is 7. The highest BCUT2D eigenvalue weighted by atomic mass is 32.1. The van der Waals surface area contributed by atoms with Gasteiger partial charge in [-0.2, -0.15) is 0 Å². The van der Waals surface area contributed by atoms with Crippen molar-refractivity contribution in [1.82, 2.24) is 4.98 Å². The minimum Gasteiger partial charge on any atom is -0.457 e. The minimum absolute atomic E-state index is 0.446. The lowest BCUT2D eigenvalue weighted by atomic mass is 10.1. The van der Waals surface area contributed by atoms with E-state index in [0.717, 1.165) is 27.3 Å². The van der Waals surface area contributed by atoms with Gasteiger partial charge >= 0.3 is 0 Å². The first kappa shape index (κ1) is 17.9. The molecule has 0 amide bonds. The second-order valence-electron chi connectivity index (χ2n) is 5.97. The summed E-state index contributed by atoms with van der Waals surface area (Å²) in [5.41, 5.74) is 10.4. The smallest absolute Gasteiger partial charge is 0.279 e. The molecule has 0 saturated carbocycles. The lowest BCUT2D eigenvalue weighted by Crippen LogP contribution is -1.87. The summed E-state index contributed by atoms with van der Waals surface area (Å²) in [5.74, 6) is 2.23. The second-order valence-corrected chi connectivity index (χ2v) is 6.97. The van der Waals surface area contributed by atoms with Gasteiger partial charge in [-0.3, -0.25) is 0 Å². The molecule has 0 unspecified atom stereocenters. The summed E-state index contributed by atoms with van der Waals surface area (Å²) in [6.07, 6.45) is 0.705. The fourth-order valence-electron chi connectivity index (χ4n) is 2.67. The average molecular weight is 388 g/mol. The van der Waals surface area contributed by atoms with Crippen LogP contribution in [0.2, 0.25) is 0 Å². The van der Waals surface area contributed by atoms with Crippen LogP contribution in [0.3, 0.4) is 0 Å². The fourth-order valence-corrected chi connectivity index (χ4v) is 3.57. The molecule has 4 aromatic rings. The molecule has 0 spiro atoms. The molecule has 0 aliphatic heterocycles. The summed E-state index contributed by atoms with van der Waals surface area (Å²) in [5, 5.41) is 4.16. The van der Waals surface area contributed by atoms with Crippen LogP contribution in [0, 0.1) is 0 Å². The molecule has 0 aliphatic carbocycles. The summed E-state index contributed by atoms with van der Waals surface area (Å²) >= 11 is 1.48. The summed E-state index contributed by atoms with van der Waals surface area (Å²) in [4.78, 5) is 7.30. The van der Waals surface area contributed by atoms with Gasteiger partial charge in [0.1, 0.15) is 17.2 Å². The lowest BCUT2D eigenvalue weighted by molar-refractivity contribution is 0.468. The Morgan fingerprint density at radius 3 is 2.36 bits per heavy atom. The highest BCUT2D eigenvalue weighted by molar-refractivity contribution is 7.20. The molecular weight excluding hydrogens is 372 g/mol. The van der Waals surface area contributed by atoms with Crippen molar-refractivity contribution in [2.75, 3.05) is 6.54 Å². The van der Waals surface area contributed by atoms with Crippen molar-refractivity contribution in [3.63, 3.8) is 0 Å². The average Bonchev–Trinajstić information content (AvgIpc) is 3.12. The van der Waals surface area contributed by atoms with Gasteiger partial charge in [0.25, 0.3) is 5.19 Å². The van der Waals surface area contributed by atoms with Gasteiger partial charge < -0.3 is 9.47 Å². The topological polar surface area (TPSA) is 80.1 Å². The Bertz CT molecular complexity index is 1120. The van der Waals surface area contributed by atoms with Crippen LogP contribution in [-0.2, 0) is 6.42 Å². The van der Waals surface area contributed by atoms with Crippen molar-refractivity contribution in [2.24, 2.45) is 5.11 Å². The van der Waals surface area contributed by atoms with E-state index < -0.39 is 0 Å². The Morgan fingerprint density at radius 2 is 1.61 bits per heavy atom. The molecule has 7 heteroatoms. The molecule has 28 heavy (non-hydrogen) atoms. The van der Waals surface area contributed by atoms with E-state index in [1.807, 2.05) is 66.7 Å². The highest BCUT2D eigenvalue weighted by Gasteiger charge is 2.07. The van der Waals surface area contributed by atoms with Crippen molar-refractivity contribution >= 4 is 21.6 Å². The molecule has 6 nitrogen and oxygen atoms in total. The quantitative estimate of drug-likeness (QED) is 0.200. The van der Waals surface area contributed by atoms with Gasteiger partial charge in [0.2, 0.25) is 0 Å². The normalized spacial score (nSPS) is 10.4. The van der Waals surface area contributed by atoms with Crippen molar-refractivity contribution < 1.29 is 9.47 Å². The van der Waals surface area contributed by atoms with Gasteiger partial charge in [-0.05, 0) is 66.0 Å². The van der Waals surface area contributed by atoms with Crippen LogP contribution in [0.5, 0.6) is 22.4 Å². The molecule has 0 aliphatic rings.